The Hall–Kier alpha value is -2.07. The maximum Gasteiger partial charge on any atom is 0.120 e. The lowest BCUT2D eigenvalue weighted by atomic mass is 10.1. The highest BCUT2D eigenvalue weighted by Crippen LogP contribution is 2.27. The topological polar surface area (TPSA) is 51.4 Å². The number of ether oxygens (including phenoxy) is 1. The fourth-order valence-corrected chi connectivity index (χ4v) is 2.39. The van der Waals surface area contributed by atoms with Gasteiger partial charge in [0.15, 0.2) is 0 Å². The van der Waals surface area contributed by atoms with Crippen molar-refractivity contribution in [3.05, 3.63) is 53.3 Å². The second-order valence-corrected chi connectivity index (χ2v) is 4.98. The smallest absolute Gasteiger partial charge is 0.120 e. The van der Waals surface area contributed by atoms with Crippen LogP contribution in [0.3, 0.4) is 0 Å². The fraction of sp³-hybridized carbons (Fsp3) is 0.353. The van der Waals surface area contributed by atoms with E-state index in [9.17, 15) is 0 Å². The molecule has 0 aliphatic carbocycles. The zero-order valence-electron chi connectivity index (χ0n) is 13.0. The summed E-state index contributed by atoms with van der Waals surface area (Å²) in [5.74, 6) is 0.845. The van der Waals surface area contributed by atoms with Gasteiger partial charge in [-0.05, 0) is 37.6 Å². The minimum Gasteiger partial charge on any atom is -0.497 e. The van der Waals surface area contributed by atoms with Gasteiger partial charge in [-0.1, -0.05) is 12.1 Å². The standard InChI is InChI=1S/C17H23N3O/c1-4-20(12-15-7-5-6-13(2)19-15)17-10-16(21-3)9-8-14(17)11-18/h5-10H,4,11-12,18H2,1-3H3. The van der Waals surface area contributed by atoms with Gasteiger partial charge in [0, 0.05) is 30.5 Å². The SMILES string of the molecule is CCN(Cc1cccc(C)n1)c1cc(OC)ccc1CN. The number of aryl methyl sites for hydroxylation is 1. The third-order valence-corrected chi connectivity index (χ3v) is 3.53. The van der Waals surface area contributed by atoms with Gasteiger partial charge in [0.25, 0.3) is 0 Å². The molecule has 2 rings (SSSR count). The molecule has 112 valence electrons. The number of nitrogens with zero attached hydrogens (tertiary/aromatic N) is 2. The molecule has 0 unspecified atom stereocenters. The Balaban J connectivity index is 2.32. The second kappa shape index (κ2) is 7.09. The third-order valence-electron chi connectivity index (χ3n) is 3.53. The fourth-order valence-electron chi connectivity index (χ4n) is 2.39. The third kappa shape index (κ3) is 3.73. The van der Waals surface area contributed by atoms with E-state index in [4.69, 9.17) is 10.5 Å². The van der Waals surface area contributed by atoms with E-state index in [0.717, 1.165) is 41.5 Å². The van der Waals surface area contributed by atoms with E-state index in [-0.39, 0.29) is 0 Å². The predicted octanol–water partition coefficient (Wildman–Crippen LogP) is 2.88. The maximum atomic E-state index is 5.87. The van der Waals surface area contributed by atoms with Crippen LogP contribution >= 0.6 is 0 Å². The zero-order valence-corrected chi connectivity index (χ0v) is 13.0. The lowest BCUT2D eigenvalue weighted by Crippen LogP contribution is -2.24. The summed E-state index contributed by atoms with van der Waals surface area (Å²) in [4.78, 5) is 6.85. The maximum absolute atomic E-state index is 5.87. The van der Waals surface area contributed by atoms with Crippen molar-refractivity contribution in [3.8, 4) is 5.75 Å². The van der Waals surface area contributed by atoms with Gasteiger partial charge in [0.1, 0.15) is 5.75 Å². The van der Waals surface area contributed by atoms with Gasteiger partial charge in [0.05, 0.1) is 19.3 Å². The molecule has 1 aromatic heterocycles. The number of rotatable bonds is 6. The summed E-state index contributed by atoms with van der Waals surface area (Å²) in [6.45, 7) is 6.30. The van der Waals surface area contributed by atoms with Crippen LogP contribution in [0, 0.1) is 6.92 Å². The molecule has 0 aliphatic heterocycles. The zero-order chi connectivity index (χ0) is 15.2. The van der Waals surface area contributed by atoms with Crippen molar-refractivity contribution in [1.29, 1.82) is 0 Å². The van der Waals surface area contributed by atoms with Gasteiger partial charge >= 0.3 is 0 Å². The molecule has 0 radical (unpaired) electrons. The van der Waals surface area contributed by atoms with Gasteiger partial charge in [-0.2, -0.15) is 0 Å². The van der Waals surface area contributed by atoms with Crippen molar-refractivity contribution >= 4 is 5.69 Å². The minimum absolute atomic E-state index is 0.511. The molecule has 4 heteroatoms. The number of benzene rings is 1. The summed E-state index contributed by atoms with van der Waals surface area (Å²) in [5.41, 5.74) is 10.2. The van der Waals surface area contributed by atoms with E-state index in [1.54, 1.807) is 7.11 Å². The average molecular weight is 285 g/mol. The van der Waals surface area contributed by atoms with E-state index in [0.29, 0.717) is 6.54 Å². The van der Waals surface area contributed by atoms with Crippen LogP contribution in [0.25, 0.3) is 0 Å². The number of nitrogens with two attached hydrogens (primary N) is 1. The minimum atomic E-state index is 0.511. The Bertz CT molecular complexity index is 598. The normalized spacial score (nSPS) is 10.5. The molecule has 0 saturated heterocycles. The first-order valence-corrected chi connectivity index (χ1v) is 7.22. The highest BCUT2D eigenvalue weighted by Gasteiger charge is 2.12. The Kier molecular flexibility index (Phi) is 5.17. The largest absolute Gasteiger partial charge is 0.497 e. The Morgan fingerprint density at radius 3 is 2.67 bits per heavy atom. The molecular weight excluding hydrogens is 262 g/mol. The van der Waals surface area contributed by atoms with Crippen LogP contribution in [0.2, 0.25) is 0 Å². The summed E-state index contributed by atoms with van der Waals surface area (Å²) in [6.07, 6.45) is 0. The van der Waals surface area contributed by atoms with Gasteiger partial charge in [-0.25, -0.2) is 0 Å². The van der Waals surface area contributed by atoms with E-state index in [1.807, 2.05) is 37.3 Å². The number of hydrogen-bond donors (Lipinski definition) is 1. The van der Waals surface area contributed by atoms with Crippen LogP contribution in [0.4, 0.5) is 5.69 Å². The molecule has 1 aromatic carbocycles. The van der Waals surface area contributed by atoms with Gasteiger partial charge in [-0.15, -0.1) is 0 Å². The van der Waals surface area contributed by atoms with Crippen LogP contribution in [-0.4, -0.2) is 18.6 Å². The van der Waals surface area contributed by atoms with Crippen LogP contribution < -0.4 is 15.4 Å². The first kappa shape index (κ1) is 15.3. The van der Waals surface area contributed by atoms with E-state index < -0.39 is 0 Å². The molecule has 0 spiro atoms. The first-order valence-electron chi connectivity index (χ1n) is 7.22. The van der Waals surface area contributed by atoms with E-state index in [2.05, 4.69) is 22.9 Å². The average Bonchev–Trinajstić information content (AvgIpc) is 2.52. The van der Waals surface area contributed by atoms with Gasteiger partial charge < -0.3 is 15.4 Å². The Morgan fingerprint density at radius 2 is 2.05 bits per heavy atom. The van der Waals surface area contributed by atoms with Crippen molar-refractivity contribution in [3.63, 3.8) is 0 Å². The molecule has 2 N–H and O–H groups in total. The Labute approximate surface area is 126 Å². The molecule has 0 bridgehead atoms. The monoisotopic (exact) mass is 285 g/mol. The summed E-state index contributed by atoms with van der Waals surface area (Å²) >= 11 is 0. The molecule has 0 aliphatic rings. The van der Waals surface area contributed by atoms with Gasteiger partial charge in [0.2, 0.25) is 0 Å². The van der Waals surface area contributed by atoms with Crippen molar-refractivity contribution < 1.29 is 4.74 Å². The summed E-state index contributed by atoms with van der Waals surface area (Å²) < 4.78 is 5.34. The summed E-state index contributed by atoms with van der Waals surface area (Å²) in [6, 6.07) is 12.1. The lowest BCUT2D eigenvalue weighted by molar-refractivity contribution is 0.414. The van der Waals surface area contributed by atoms with Crippen molar-refractivity contribution in [2.24, 2.45) is 5.73 Å². The highest BCUT2D eigenvalue weighted by molar-refractivity contribution is 5.57. The van der Waals surface area contributed by atoms with Crippen molar-refractivity contribution in [2.75, 3.05) is 18.6 Å². The van der Waals surface area contributed by atoms with Crippen LogP contribution in [0.15, 0.2) is 36.4 Å². The van der Waals surface area contributed by atoms with Crippen LogP contribution in [-0.2, 0) is 13.1 Å². The molecule has 0 atom stereocenters. The van der Waals surface area contributed by atoms with Gasteiger partial charge in [-0.3, -0.25) is 4.98 Å². The number of methoxy groups -OCH3 is 1. The molecule has 0 amide bonds. The lowest BCUT2D eigenvalue weighted by Gasteiger charge is -2.26. The van der Waals surface area contributed by atoms with E-state index in [1.165, 1.54) is 0 Å². The molecule has 4 nitrogen and oxygen atoms in total. The molecule has 2 aromatic rings. The molecule has 0 saturated carbocycles. The van der Waals surface area contributed by atoms with Crippen molar-refractivity contribution in [1.82, 2.24) is 4.98 Å². The van der Waals surface area contributed by atoms with E-state index >= 15 is 0 Å². The highest BCUT2D eigenvalue weighted by atomic mass is 16.5. The molecule has 21 heavy (non-hydrogen) atoms. The summed E-state index contributed by atoms with van der Waals surface area (Å²) in [7, 11) is 1.68. The number of anilines is 1. The molecular formula is C17H23N3O. The predicted molar refractivity (Wildman–Crippen MR) is 86.6 cm³/mol. The summed E-state index contributed by atoms with van der Waals surface area (Å²) in [5, 5.41) is 0. The quantitative estimate of drug-likeness (QED) is 0.886. The number of pyridine rings is 1. The van der Waals surface area contributed by atoms with Crippen LogP contribution in [0.1, 0.15) is 23.9 Å². The molecule has 1 heterocycles. The van der Waals surface area contributed by atoms with Crippen LogP contribution in [0.5, 0.6) is 5.75 Å². The first-order chi connectivity index (χ1) is 10.2. The molecule has 0 fully saturated rings. The second-order valence-electron chi connectivity index (χ2n) is 4.98. The van der Waals surface area contributed by atoms with Crippen molar-refractivity contribution in [2.45, 2.75) is 26.9 Å². The Morgan fingerprint density at radius 1 is 1.24 bits per heavy atom. The number of hydrogen-bond acceptors (Lipinski definition) is 4. The number of aromatic nitrogens is 1.